The molecule has 3 rings (SSSR count). The van der Waals surface area contributed by atoms with Gasteiger partial charge in [-0.05, 0) is 5.56 Å². The lowest BCUT2D eigenvalue weighted by atomic mass is 9.72. The molecule has 1 aromatic rings. The predicted molar refractivity (Wildman–Crippen MR) is 64.8 cm³/mol. The van der Waals surface area contributed by atoms with Crippen LogP contribution in [-0.2, 0) is 20.9 Å². The molecule has 4 heteroatoms. The molecule has 0 atom stereocenters. The number of hydrogen-bond donors (Lipinski definition) is 1. The third kappa shape index (κ3) is 1.93. The molecule has 1 heterocycles. The number of carbonyl (C=O) groups is 2. The van der Waals surface area contributed by atoms with Crippen molar-refractivity contribution < 1.29 is 14.3 Å². The molecular formula is C14H15NO3. The Kier molecular flexibility index (Phi) is 2.67. The Labute approximate surface area is 105 Å². The summed E-state index contributed by atoms with van der Waals surface area (Å²) in [5.41, 5.74) is 0.526. The zero-order valence-electron chi connectivity index (χ0n) is 10.0. The van der Waals surface area contributed by atoms with E-state index < -0.39 is 5.54 Å². The van der Waals surface area contributed by atoms with Crippen LogP contribution < -0.4 is 5.32 Å². The summed E-state index contributed by atoms with van der Waals surface area (Å²) in [5.74, 6) is -0.131. The Bertz CT molecular complexity index is 477. The zero-order valence-corrected chi connectivity index (χ0v) is 10.0. The first-order valence-corrected chi connectivity index (χ1v) is 6.18. The maximum absolute atomic E-state index is 11.7. The lowest BCUT2D eigenvalue weighted by molar-refractivity contribution is -0.134. The van der Waals surface area contributed by atoms with Crippen molar-refractivity contribution in [3.63, 3.8) is 0 Å². The van der Waals surface area contributed by atoms with Crippen molar-refractivity contribution in [3.8, 4) is 0 Å². The Morgan fingerprint density at radius 1 is 1.22 bits per heavy atom. The lowest BCUT2D eigenvalue weighted by Crippen LogP contribution is -2.59. The van der Waals surface area contributed by atoms with Gasteiger partial charge in [-0.15, -0.1) is 0 Å². The third-order valence-electron chi connectivity index (χ3n) is 3.71. The van der Waals surface area contributed by atoms with E-state index in [-0.39, 0.29) is 24.2 Å². The highest BCUT2D eigenvalue weighted by molar-refractivity contribution is 6.10. The van der Waals surface area contributed by atoms with Crippen molar-refractivity contribution in [3.05, 3.63) is 35.9 Å². The molecule has 1 saturated heterocycles. The van der Waals surface area contributed by atoms with E-state index in [1.54, 1.807) is 0 Å². The fraction of sp³-hybridized carbons (Fsp3) is 0.429. The number of hydrogen-bond acceptors (Lipinski definition) is 3. The van der Waals surface area contributed by atoms with Gasteiger partial charge in [0.1, 0.15) is 5.54 Å². The SMILES string of the molecule is O=C1CC(=O)C2(CC(OCc3ccccc3)C2)N1. The number of ether oxygens (including phenoxy) is 1. The number of amides is 1. The second-order valence-corrected chi connectivity index (χ2v) is 5.06. The Morgan fingerprint density at radius 2 is 1.94 bits per heavy atom. The third-order valence-corrected chi connectivity index (χ3v) is 3.71. The van der Waals surface area contributed by atoms with Gasteiger partial charge in [0.2, 0.25) is 5.91 Å². The van der Waals surface area contributed by atoms with Gasteiger partial charge in [0.25, 0.3) is 0 Å². The van der Waals surface area contributed by atoms with E-state index in [0.717, 1.165) is 5.56 Å². The highest BCUT2D eigenvalue weighted by Crippen LogP contribution is 2.39. The molecule has 94 valence electrons. The second-order valence-electron chi connectivity index (χ2n) is 5.06. The predicted octanol–water partition coefficient (Wildman–Crippen LogP) is 1.19. The number of benzene rings is 1. The maximum Gasteiger partial charge on any atom is 0.228 e. The van der Waals surface area contributed by atoms with Crippen molar-refractivity contribution in [1.29, 1.82) is 0 Å². The van der Waals surface area contributed by atoms with Crippen LogP contribution in [0.4, 0.5) is 0 Å². The zero-order chi connectivity index (χ0) is 12.6. The molecule has 0 bridgehead atoms. The smallest absolute Gasteiger partial charge is 0.228 e. The molecule has 0 aromatic heterocycles. The van der Waals surface area contributed by atoms with Gasteiger partial charge in [0.05, 0.1) is 19.1 Å². The molecule has 1 spiro atoms. The molecule has 18 heavy (non-hydrogen) atoms. The van der Waals surface area contributed by atoms with Crippen molar-refractivity contribution in [2.24, 2.45) is 0 Å². The standard InChI is InChI=1S/C14H15NO3/c16-12-6-13(17)15-14(12)7-11(8-14)18-9-10-4-2-1-3-5-10/h1-5,11H,6-9H2,(H,15,17). The minimum Gasteiger partial charge on any atom is -0.373 e. The van der Waals surface area contributed by atoms with Gasteiger partial charge in [-0.25, -0.2) is 0 Å². The van der Waals surface area contributed by atoms with E-state index in [1.165, 1.54) is 0 Å². The molecule has 1 aliphatic heterocycles. The van der Waals surface area contributed by atoms with Gasteiger partial charge in [-0.2, -0.15) is 0 Å². The van der Waals surface area contributed by atoms with Crippen molar-refractivity contribution in [2.45, 2.75) is 37.5 Å². The number of nitrogens with one attached hydrogen (secondary N) is 1. The molecule has 1 amide bonds. The monoisotopic (exact) mass is 245 g/mol. The fourth-order valence-corrected chi connectivity index (χ4v) is 2.65. The number of ketones is 1. The van der Waals surface area contributed by atoms with E-state index in [0.29, 0.717) is 19.4 Å². The summed E-state index contributed by atoms with van der Waals surface area (Å²) in [5, 5.41) is 2.78. The molecule has 0 radical (unpaired) electrons. The van der Waals surface area contributed by atoms with Crippen LogP contribution in [0.2, 0.25) is 0 Å². The van der Waals surface area contributed by atoms with Crippen LogP contribution in [0.15, 0.2) is 30.3 Å². The first-order chi connectivity index (χ1) is 8.68. The van der Waals surface area contributed by atoms with Crippen LogP contribution >= 0.6 is 0 Å². The van der Waals surface area contributed by atoms with Crippen molar-refractivity contribution in [1.82, 2.24) is 5.32 Å². The van der Waals surface area contributed by atoms with Crippen LogP contribution in [0.25, 0.3) is 0 Å². The van der Waals surface area contributed by atoms with Crippen LogP contribution in [0, 0.1) is 0 Å². The molecule has 1 aliphatic carbocycles. The molecule has 4 nitrogen and oxygen atoms in total. The average molecular weight is 245 g/mol. The van der Waals surface area contributed by atoms with Gasteiger partial charge >= 0.3 is 0 Å². The average Bonchev–Trinajstić information content (AvgIpc) is 2.62. The van der Waals surface area contributed by atoms with Crippen LogP contribution in [0.5, 0.6) is 0 Å². The lowest BCUT2D eigenvalue weighted by Gasteiger charge is -2.43. The van der Waals surface area contributed by atoms with E-state index in [2.05, 4.69) is 5.32 Å². The largest absolute Gasteiger partial charge is 0.373 e. The van der Waals surface area contributed by atoms with E-state index in [4.69, 9.17) is 4.74 Å². The van der Waals surface area contributed by atoms with Crippen LogP contribution in [-0.4, -0.2) is 23.3 Å². The summed E-state index contributed by atoms with van der Waals surface area (Å²) >= 11 is 0. The number of Topliss-reactive ketones (excluding diaryl/α,β-unsaturated/α-hetero) is 1. The normalized spacial score (nSPS) is 30.3. The summed E-state index contributed by atoms with van der Waals surface area (Å²) in [6, 6.07) is 9.94. The maximum atomic E-state index is 11.7. The Morgan fingerprint density at radius 3 is 2.56 bits per heavy atom. The van der Waals surface area contributed by atoms with Crippen molar-refractivity contribution in [2.75, 3.05) is 0 Å². The molecule has 1 aromatic carbocycles. The number of rotatable bonds is 3. The van der Waals surface area contributed by atoms with Gasteiger partial charge < -0.3 is 10.1 Å². The molecule has 1 saturated carbocycles. The topological polar surface area (TPSA) is 55.4 Å². The summed E-state index contributed by atoms with van der Waals surface area (Å²) in [6.07, 6.45) is 1.34. The summed E-state index contributed by atoms with van der Waals surface area (Å²) in [6.45, 7) is 0.559. The van der Waals surface area contributed by atoms with Gasteiger partial charge in [0.15, 0.2) is 5.78 Å². The summed E-state index contributed by atoms with van der Waals surface area (Å²) < 4.78 is 5.73. The first kappa shape index (κ1) is 11.4. The van der Waals surface area contributed by atoms with Gasteiger partial charge in [-0.1, -0.05) is 30.3 Å². The van der Waals surface area contributed by atoms with Crippen LogP contribution in [0.1, 0.15) is 24.8 Å². The van der Waals surface area contributed by atoms with Crippen LogP contribution in [0.3, 0.4) is 0 Å². The van der Waals surface area contributed by atoms with E-state index in [9.17, 15) is 9.59 Å². The second kappa shape index (κ2) is 4.21. The quantitative estimate of drug-likeness (QED) is 0.814. The Hall–Kier alpha value is -1.68. The molecular weight excluding hydrogens is 230 g/mol. The summed E-state index contributed by atoms with van der Waals surface area (Å²) in [7, 11) is 0. The highest BCUT2D eigenvalue weighted by Gasteiger charge is 2.55. The summed E-state index contributed by atoms with van der Waals surface area (Å²) in [4.78, 5) is 22.8. The van der Waals surface area contributed by atoms with Crippen molar-refractivity contribution >= 4 is 11.7 Å². The Balaban J connectivity index is 1.51. The molecule has 1 N–H and O–H groups in total. The van der Waals surface area contributed by atoms with E-state index in [1.807, 2.05) is 30.3 Å². The molecule has 2 aliphatic rings. The molecule has 0 unspecified atom stereocenters. The minimum absolute atomic E-state index is 0.0204. The van der Waals surface area contributed by atoms with Gasteiger partial charge in [0, 0.05) is 12.8 Å². The fourth-order valence-electron chi connectivity index (χ4n) is 2.65. The first-order valence-electron chi connectivity index (χ1n) is 6.18. The highest BCUT2D eigenvalue weighted by atomic mass is 16.5. The molecule has 2 fully saturated rings. The van der Waals surface area contributed by atoms with E-state index >= 15 is 0 Å². The minimum atomic E-state index is -0.599. The number of carbonyl (C=O) groups excluding carboxylic acids is 2. The van der Waals surface area contributed by atoms with Gasteiger partial charge in [-0.3, -0.25) is 9.59 Å².